The molecule has 0 amide bonds. The number of anilines is 1. The van der Waals surface area contributed by atoms with Crippen LogP contribution in [0, 0.1) is 0 Å². The molecule has 0 bridgehead atoms. The van der Waals surface area contributed by atoms with Crippen molar-refractivity contribution < 1.29 is 28.1 Å². The maximum atomic E-state index is 12.0. The molecule has 9 nitrogen and oxygen atoms in total. The van der Waals surface area contributed by atoms with E-state index < -0.39 is 22.4 Å². The zero-order valence-corrected chi connectivity index (χ0v) is 25.3. The highest BCUT2D eigenvalue weighted by molar-refractivity contribution is 7.92. The van der Waals surface area contributed by atoms with Crippen molar-refractivity contribution in [3.05, 3.63) is 126 Å². The number of hydrogen-bond donors (Lipinski definition) is 3. The Hall–Kier alpha value is -4.48. The third-order valence-electron chi connectivity index (χ3n) is 7.03. The molecule has 44 heavy (non-hydrogen) atoms. The lowest BCUT2D eigenvalue weighted by molar-refractivity contribution is -0.00560. The smallest absolute Gasteiger partial charge is 0.229 e. The van der Waals surface area contributed by atoms with E-state index in [1.807, 2.05) is 91.0 Å². The van der Waals surface area contributed by atoms with E-state index in [0.29, 0.717) is 29.4 Å². The van der Waals surface area contributed by atoms with E-state index in [1.54, 1.807) is 30.1 Å². The Bertz CT molecular complexity index is 1800. The van der Waals surface area contributed by atoms with Gasteiger partial charge in [-0.3, -0.25) is 9.62 Å². The van der Waals surface area contributed by atoms with Crippen molar-refractivity contribution >= 4 is 26.6 Å². The quantitative estimate of drug-likeness (QED) is 0.149. The molecule has 0 aliphatic rings. The minimum Gasteiger partial charge on any atom is -0.487 e. The Morgan fingerprint density at radius 3 is 2.34 bits per heavy atom. The molecule has 1 heterocycles. The van der Waals surface area contributed by atoms with Crippen molar-refractivity contribution in [2.24, 2.45) is 0 Å². The second-order valence-electron chi connectivity index (χ2n) is 10.6. The predicted molar refractivity (Wildman–Crippen MR) is 171 cm³/mol. The molecule has 1 aromatic heterocycles. The van der Waals surface area contributed by atoms with Crippen molar-refractivity contribution in [2.75, 3.05) is 24.6 Å². The number of likely N-dealkylation sites (N-methyl/N-ethyl adjacent to an activating group) is 1. The van der Waals surface area contributed by atoms with Gasteiger partial charge >= 0.3 is 0 Å². The van der Waals surface area contributed by atoms with E-state index in [2.05, 4.69) is 9.71 Å². The Kier molecular flexibility index (Phi) is 9.76. The second-order valence-corrected chi connectivity index (χ2v) is 12.4. The lowest BCUT2D eigenvalue weighted by atomic mass is 10.1. The lowest BCUT2D eigenvalue weighted by Gasteiger charge is -2.26. The van der Waals surface area contributed by atoms with Crippen LogP contribution in [0.5, 0.6) is 17.4 Å². The second kappa shape index (κ2) is 13.9. The summed E-state index contributed by atoms with van der Waals surface area (Å²) in [7, 11) is -1.89. The average Bonchev–Trinajstić information content (AvgIpc) is 3.01. The van der Waals surface area contributed by atoms with Gasteiger partial charge in [0.05, 0.1) is 23.6 Å². The Morgan fingerprint density at radius 1 is 0.864 bits per heavy atom. The van der Waals surface area contributed by atoms with Crippen molar-refractivity contribution in [3.63, 3.8) is 0 Å². The Morgan fingerprint density at radius 2 is 1.59 bits per heavy atom. The van der Waals surface area contributed by atoms with Crippen molar-refractivity contribution in [3.8, 4) is 17.4 Å². The monoisotopic (exact) mass is 613 g/mol. The highest BCUT2D eigenvalue weighted by Crippen LogP contribution is 2.30. The van der Waals surface area contributed by atoms with Gasteiger partial charge in [-0.2, -0.15) is 0 Å². The van der Waals surface area contributed by atoms with Gasteiger partial charge in [-0.25, -0.2) is 13.4 Å². The fourth-order valence-electron chi connectivity index (χ4n) is 4.68. The predicted octanol–water partition coefficient (Wildman–Crippen LogP) is 5.50. The molecule has 0 aliphatic carbocycles. The number of nitrogens with zero attached hydrogens (tertiary/aromatic N) is 2. The van der Waals surface area contributed by atoms with E-state index >= 15 is 0 Å². The molecule has 228 valence electrons. The van der Waals surface area contributed by atoms with Crippen LogP contribution in [0.25, 0.3) is 10.9 Å². The third-order valence-corrected chi connectivity index (χ3v) is 7.62. The molecule has 0 aliphatic heterocycles. The number of ether oxygens (including phenoxy) is 2. The summed E-state index contributed by atoms with van der Waals surface area (Å²) in [6, 6.07) is 33.4. The van der Waals surface area contributed by atoms with Crippen molar-refractivity contribution in [1.82, 2.24) is 9.88 Å². The van der Waals surface area contributed by atoms with Gasteiger partial charge in [-0.1, -0.05) is 66.7 Å². The average molecular weight is 614 g/mol. The largest absolute Gasteiger partial charge is 0.487 e. The molecule has 10 heteroatoms. The zero-order chi connectivity index (χ0) is 31.1. The fourth-order valence-corrected chi connectivity index (χ4v) is 5.24. The molecule has 4 aromatic carbocycles. The molecule has 0 unspecified atom stereocenters. The zero-order valence-electron chi connectivity index (χ0n) is 24.5. The molecule has 0 fully saturated rings. The fraction of sp³-hybridized carbons (Fsp3) is 0.206. The lowest BCUT2D eigenvalue weighted by Crippen LogP contribution is -2.36. The van der Waals surface area contributed by atoms with Gasteiger partial charge in [0.2, 0.25) is 15.9 Å². The normalized spacial score (nSPS) is 13.0. The number of aromatic nitrogens is 1. The van der Waals surface area contributed by atoms with Crippen LogP contribution in [-0.4, -0.2) is 54.6 Å². The number of rotatable bonds is 13. The summed E-state index contributed by atoms with van der Waals surface area (Å²) in [6.07, 6.45) is -0.491. The summed E-state index contributed by atoms with van der Waals surface area (Å²) in [5, 5.41) is 22.9. The highest BCUT2D eigenvalue weighted by atomic mass is 32.2. The van der Waals surface area contributed by atoms with Crippen molar-refractivity contribution in [1.29, 1.82) is 0 Å². The number of fused-ring (bicyclic) bond motifs is 1. The highest BCUT2D eigenvalue weighted by Gasteiger charge is 2.19. The number of hydrogen-bond acceptors (Lipinski definition) is 8. The molecule has 2 atom stereocenters. The summed E-state index contributed by atoms with van der Waals surface area (Å²) in [4.78, 5) is 6.17. The number of aliphatic hydroxyl groups is 2. The molecular formula is C34H35N3O6S. The summed E-state index contributed by atoms with van der Waals surface area (Å²) in [5.41, 5.74) is 3.37. The Labute approximate surface area is 257 Å². The van der Waals surface area contributed by atoms with Gasteiger partial charge in [0, 0.05) is 24.4 Å². The van der Waals surface area contributed by atoms with Gasteiger partial charge in [-0.15, -0.1) is 0 Å². The summed E-state index contributed by atoms with van der Waals surface area (Å²) < 4.78 is 38.3. The Balaban J connectivity index is 1.19. The number of nitrogens with one attached hydrogen (secondary N) is 1. The van der Waals surface area contributed by atoms with Crippen LogP contribution in [0.3, 0.4) is 0 Å². The summed E-state index contributed by atoms with van der Waals surface area (Å²) in [6.45, 7) is 0.363. The van der Waals surface area contributed by atoms with Crippen LogP contribution in [0.4, 0.5) is 5.69 Å². The third kappa shape index (κ3) is 8.55. The minimum absolute atomic E-state index is 0.110. The standard InChI is InChI=1S/C34H35N3O6S/c1-37(34(39)20-24-12-16-28(17-13-24)43-33-19-15-26-10-6-7-11-29(26)35-33)22-31(38)27-14-18-32(30(21-27)36-44(2,40)41)42-23-25-8-4-3-5-9-25/h3-19,21,31,34,36,38-39H,20,22-23H2,1-2H3/t31-,34-/m0/s1. The van der Waals surface area contributed by atoms with E-state index in [-0.39, 0.29) is 18.8 Å². The van der Waals surface area contributed by atoms with Gasteiger partial charge in [-0.05, 0) is 60.1 Å². The minimum atomic E-state index is -3.60. The maximum Gasteiger partial charge on any atom is 0.229 e. The molecule has 0 spiro atoms. The summed E-state index contributed by atoms with van der Waals surface area (Å²) in [5.74, 6) is 1.47. The number of aliphatic hydroxyl groups excluding tert-OH is 2. The van der Waals surface area contributed by atoms with E-state index in [4.69, 9.17) is 9.47 Å². The summed E-state index contributed by atoms with van der Waals surface area (Å²) >= 11 is 0. The van der Waals surface area contributed by atoms with Crippen LogP contribution in [0.15, 0.2) is 109 Å². The molecular weight excluding hydrogens is 578 g/mol. The van der Waals surface area contributed by atoms with Crippen LogP contribution in [0.2, 0.25) is 0 Å². The molecule has 0 radical (unpaired) electrons. The van der Waals surface area contributed by atoms with E-state index in [0.717, 1.165) is 28.3 Å². The number of sulfonamides is 1. The molecule has 5 rings (SSSR count). The SMILES string of the molecule is CN(C[C@H](O)c1ccc(OCc2ccccc2)c(NS(C)(=O)=O)c1)[C@@H](O)Cc1ccc(Oc2ccc3ccccc3n2)cc1. The van der Waals surface area contributed by atoms with Gasteiger partial charge in [0.15, 0.2) is 0 Å². The molecule has 0 saturated carbocycles. The number of pyridine rings is 1. The van der Waals surface area contributed by atoms with E-state index in [1.165, 1.54) is 0 Å². The maximum absolute atomic E-state index is 12.0. The van der Waals surface area contributed by atoms with Gasteiger partial charge in [0.1, 0.15) is 24.3 Å². The number of para-hydroxylation sites is 1. The molecule has 3 N–H and O–H groups in total. The number of benzene rings is 4. The first-order chi connectivity index (χ1) is 21.1. The van der Waals surface area contributed by atoms with Crippen LogP contribution < -0.4 is 14.2 Å². The van der Waals surface area contributed by atoms with Crippen LogP contribution >= 0.6 is 0 Å². The first-order valence-electron chi connectivity index (χ1n) is 14.1. The van der Waals surface area contributed by atoms with Crippen molar-refractivity contribution in [2.45, 2.75) is 25.4 Å². The van der Waals surface area contributed by atoms with E-state index in [9.17, 15) is 18.6 Å². The van der Waals surface area contributed by atoms with Gasteiger partial charge < -0.3 is 19.7 Å². The van der Waals surface area contributed by atoms with Crippen LogP contribution in [-0.2, 0) is 23.1 Å². The molecule has 5 aromatic rings. The van der Waals surface area contributed by atoms with Crippen LogP contribution in [0.1, 0.15) is 22.8 Å². The first-order valence-corrected chi connectivity index (χ1v) is 16.0. The first kappa shape index (κ1) is 31.0. The topological polar surface area (TPSA) is 121 Å². The molecule has 0 saturated heterocycles. The van der Waals surface area contributed by atoms with Gasteiger partial charge in [0.25, 0.3) is 0 Å².